The summed E-state index contributed by atoms with van der Waals surface area (Å²) in [5.41, 5.74) is 4.26. The minimum absolute atomic E-state index is 0.0315. The van der Waals surface area contributed by atoms with Crippen LogP contribution in [0.15, 0.2) is 66.4 Å². The van der Waals surface area contributed by atoms with Crippen LogP contribution in [-0.4, -0.2) is 44.5 Å². The Hall–Kier alpha value is -5.04. The minimum Gasteiger partial charge on any atom is -0.341 e. The number of imide groups is 1. The number of para-hydroxylation sites is 1. The van der Waals surface area contributed by atoms with Crippen LogP contribution in [0.5, 0.6) is 0 Å². The largest absolute Gasteiger partial charge is 0.341 e. The maximum Gasteiger partial charge on any atom is 0.254 e. The maximum atomic E-state index is 12.2. The number of nitrogens with one attached hydrogen (secondary N) is 2. The van der Waals surface area contributed by atoms with Crippen LogP contribution in [0.4, 0.5) is 17.6 Å². The van der Waals surface area contributed by atoms with Gasteiger partial charge in [0.05, 0.1) is 24.3 Å². The van der Waals surface area contributed by atoms with E-state index >= 15 is 0 Å². The Morgan fingerprint density at radius 2 is 1.87 bits per heavy atom. The number of nitriles is 1. The lowest BCUT2D eigenvalue weighted by atomic mass is 9.89. The van der Waals surface area contributed by atoms with Crippen molar-refractivity contribution in [1.29, 1.82) is 5.26 Å². The number of fused-ring (bicyclic) bond motifs is 1. The molecule has 38 heavy (non-hydrogen) atoms. The molecule has 2 fully saturated rings. The molecule has 0 atom stereocenters. The van der Waals surface area contributed by atoms with Gasteiger partial charge in [0.1, 0.15) is 0 Å². The van der Waals surface area contributed by atoms with Crippen LogP contribution in [0.3, 0.4) is 0 Å². The number of piperidine rings is 1. The van der Waals surface area contributed by atoms with E-state index in [2.05, 4.69) is 32.8 Å². The average molecular weight is 505 g/mol. The van der Waals surface area contributed by atoms with E-state index in [1.165, 1.54) is 5.56 Å². The fraction of sp³-hybridized carbons (Fsp3) is 0.214. The number of anilines is 3. The summed E-state index contributed by atoms with van der Waals surface area (Å²) in [6.07, 6.45) is 5.14. The Bertz CT molecular complexity index is 1610. The third kappa shape index (κ3) is 4.57. The van der Waals surface area contributed by atoms with Crippen molar-refractivity contribution in [1.82, 2.24) is 24.9 Å². The van der Waals surface area contributed by atoms with Gasteiger partial charge in [-0.25, -0.2) is 0 Å². The smallest absolute Gasteiger partial charge is 0.254 e. The van der Waals surface area contributed by atoms with Crippen LogP contribution in [-0.2, 0) is 9.59 Å². The highest BCUT2D eigenvalue weighted by molar-refractivity contribution is 6.15. The van der Waals surface area contributed by atoms with E-state index in [-0.39, 0.29) is 12.3 Å². The summed E-state index contributed by atoms with van der Waals surface area (Å²) in [5.74, 6) is 0.708. The maximum absolute atomic E-state index is 12.2. The van der Waals surface area contributed by atoms with E-state index in [1.807, 2.05) is 48.5 Å². The molecule has 0 spiro atoms. The number of hydrogen-bond acceptors (Lipinski definition) is 8. The van der Waals surface area contributed by atoms with Crippen molar-refractivity contribution in [2.24, 2.45) is 0 Å². The highest BCUT2D eigenvalue weighted by atomic mass is 16.2. The Morgan fingerprint density at radius 1 is 1.05 bits per heavy atom. The van der Waals surface area contributed by atoms with Gasteiger partial charge in [0.25, 0.3) is 5.91 Å². The van der Waals surface area contributed by atoms with Crippen molar-refractivity contribution >= 4 is 41.1 Å². The van der Waals surface area contributed by atoms with E-state index in [9.17, 15) is 14.9 Å². The highest BCUT2D eigenvalue weighted by Crippen LogP contribution is 2.31. The molecule has 10 heteroatoms. The van der Waals surface area contributed by atoms with E-state index in [0.717, 1.165) is 31.6 Å². The Morgan fingerprint density at radius 3 is 2.61 bits per heavy atom. The van der Waals surface area contributed by atoms with Crippen LogP contribution < -0.4 is 15.5 Å². The number of aromatic nitrogens is 4. The second kappa shape index (κ2) is 9.78. The molecule has 4 heterocycles. The summed E-state index contributed by atoms with van der Waals surface area (Å²) < 4.78 is 1.61. The third-order valence-corrected chi connectivity index (χ3v) is 6.90. The zero-order chi connectivity index (χ0) is 26.1. The second-order valence-electron chi connectivity index (χ2n) is 9.40. The zero-order valence-corrected chi connectivity index (χ0v) is 20.5. The summed E-state index contributed by atoms with van der Waals surface area (Å²) in [6, 6.07) is 19.7. The Kier molecular flexibility index (Phi) is 6.01. The molecule has 0 saturated carbocycles. The van der Waals surface area contributed by atoms with Crippen LogP contribution in [0, 0.1) is 11.3 Å². The fourth-order valence-electron chi connectivity index (χ4n) is 4.94. The quantitative estimate of drug-likeness (QED) is 0.312. The predicted octanol–water partition coefficient (Wildman–Crippen LogP) is 3.55. The lowest BCUT2D eigenvalue weighted by molar-refractivity contribution is -0.124. The van der Waals surface area contributed by atoms with E-state index in [0.29, 0.717) is 40.2 Å². The molecular formula is C28H24N8O2. The Labute approximate surface area is 218 Å². The van der Waals surface area contributed by atoms with Gasteiger partial charge in [0, 0.05) is 29.9 Å². The molecule has 4 aromatic rings. The van der Waals surface area contributed by atoms with Crippen molar-refractivity contribution < 1.29 is 9.59 Å². The second-order valence-corrected chi connectivity index (χ2v) is 9.40. The van der Waals surface area contributed by atoms with Gasteiger partial charge in [0.2, 0.25) is 17.8 Å². The summed E-state index contributed by atoms with van der Waals surface area (Å²) in [6.45, 7) is 1.51. The summed E-state index contributed by atoms with van der Waals surface area (Å²) in [4.78, 5) is 35.7. The molecule has 2 amide bonds. The van der Waals surface area contributed by atoms with Crippen molar-refractivity contribution in [3.05, 3.63) is 83.1 Å². The van der Waals surface area contributed by atoms with E-state index in [1.54, 1.807) is 16.8 Å². The van der Waals surface area contributed by atoms with Crippen molar-refractivity contribution in [2.45, 2.75) is 25.2 Å². The van der Waals surface area contributed by atoms with E-state index in [4.69, 9.17) is 9.97 Å². The number of nitrogens with zero attached hydrogens (tertiary/aromatic N) is 6. The highest BCUT2D eigenvalue weighted by Gasteiger charge is 2.26. The molecule has 2 saturated heterocycles. The SMILES string of the molecule is N#Cc1cccc(C2CCN(c3nc(Nc4ccccc4)n4ncc(C=C5CC(=O)NC5=O)c4n3)CC2)c1. The molecule has 0 aliphatic carbocycles. The predicted molar refractivity (Wildman–Crippen MR) is 142 cm³/mol. The van der Waals surface area contributed by atoms with Gasteiger partial charge < -0.3 is 10.2 Å². The first-order valence-corrected chi connectivity index (χ1v) is 12.4. The molecule has 6 rings (SSSR count). The van der Waals surface area contributed by atoms with Gasteiger partial charge in [-0.1, -0.05) is 30.3 Å². The zero-order valence-electron chi connectivity index (χ0n) is 20.5. The van der Waals surface area contributed by atoms with Gasteiger partial charge in [-0.15, -0.1) is 0 Å². The Balaban J connectivity index is 1.33. The molecule has 2 N–H and O–H groups in total. The molecule has 0 radical (unpaired) electrons. The minimum atomic E-state index is -0.395. The molecule has 0 bridgehead atoms. The number of carbonyl (C=O) groups is 2. The van der Waals surface area contributed by atoms with Crippen molar-refractivity contribution in [2.75, 3.05) is 23.3 Å². The number of rotatable bonds is 5. The molecule has 10 nitrogen and oxygen atoms in total. The summed E-state index contributed by atoms with van der Waals surface area (Å²) >= 11 is 0. The molecule has 2 aromatic carbocycles. The van der Waals surface area contributed by atoms with Gasteiger partial charge in [-0.3, -0.25) is 14.9 Å². The van der Waals surface area contributed by atoms with Crippen LogP contribution in [0.1, 0.15) is 41.9 Å². The van der Waals surface area contributed by atoms with Crippen molar-refractivity contribution in [3.63, 3.8) is 0 Å². The normalized spacial score (nSPS) is 17.1. The van der Waals surface area contributed by atoms with Crippen LogP contribution in [0.25, 0.3) is 11.7 Å². The number of benzene rings is 2. The van der Waals surface area contributed by atoms with Gasteiger partial charge >= 0.3 is 0 Å². The average Bonchev–Trinajstić information content (AvgIpc) is 3.51. The third-order valence-electron chi connectivity index (χ3n) is 6.90. The molecule has 2 aliphatic heterocycles. The van der Waals surface area contributed by atoms with Gasteiger partial charge in [-0.2, -0.15) is 24.8 Å². The lowest BCUT2D eigenvalue weighted by Gasteiger charge is -2.32. The summed E-state index contributed by atoms with van der Waals surface area (Å²) in [5, 5.41) is 19.4. The van der Waals surface area contributed by atoms with E-state index < -0.39 is 5.91 Å². The van der Waals surface area contributed by atoms with Crippen LogP contribution >= 0.6 is 0 Å². The van der Waals surface area contributed by atoms with Crippen LogP contribution in [0.2, 0.25) is 0 Å². The standard InChI is InChI=1S/C28H24N8O2/c29-16-18-5-4-6-20(13-18)19-9-11-35(12-10-19)27-33-25-22(14-21-15-24(37)32-26(21)38)17-30-36(25)28(34-27)31-23-7-2-1-3-8-23/h1-8,13-14,17,19H,9-12,15H2,(H,31,33,34)(H,32,37,38). The number of amides is 2. The first kappa shape index (κ1) is 23.4. The monoisotopic (exact) mass is 504 g/mol. The molecule has 2 aliphatic rings. The first-order valence-electron chi connectivity index (χ1n) is 12.4. The van der Waals surface area contributed by atoms with Gasteiger partial charge in [0.15, 0.2) is 5.65 Å². The number of hydrogen-bond donors (Lipinski definition) is 2. The van der Waals surface area contributed by atoms with Gasteiger partial charge in [-0.05, 0) is 54.7 Å². The molecule has 0 unspecified atom stereocenters. The lowest BCUT2D eigenvalue weighted by Crippen LogP contribution is -2.34. The summed E-state index contributed by atoms with van der Waals surface area (Å²) in [7, 11) is 0. The number of carbonyl (C=O) groups excluding carboxylic acids is 2. The molecule has 2 aromatic heterocycles. The topological polar surface area (TPSA) is 128 Å². The van der Waals surface area contributed by atoms with Crippen molar-refractivity contribution in [3.8, 4) is 6.07 Å². The fourth-order valence-corrected chi connectivity index (χ4v) is 4.94. The first-order chi connectivity index (χ1) is 18.6. The molecule has 188 valence electrons. The molecular weight excluding hydrogens is 480 g/mol.